The average Bonchev–Trinajstić information content (AvgIpc) is 3.70. The van der Waals surface area contributed by atoms with E-state index in [-0.39, 0.29) is 38.6 Å². The summed E-state index contributed by atoms with van der Waals surface area (Å²) in [5, 5.41) is 9.75. The maximum Gasteiger partial charge on any atom is 0.361 e. The number of carbonyl (C=O) groups excluding carboxylic acids is 2. The Morgan fingerprint density at radius 1 is 0.348 bits per heavy atom. The topological polar surface area (TPSA) is 108 Å². The molecule has 89 heavy (non-hydrogen) atoms. The lowest BCUT2D eigenvalue weighted by Crippen LogP contribution is -2.40. The Balaban J connectivity index is 4.27. The van der Waals surface area contributed by atoms with Crippen molar-refractivity contribution in [2.75, 3.05) is 47.5 Å². The first kappa shape index (κ1) is 83.7. The van der Waals surface area contributed by atoms with E-state index in [1.54, 1.807) is 0 Å². The number of hydrogen-bond donors (Lipinski definition) is 1. The minimum absolute atomic E-state index is 0.171. The highest BCUT2D eigenvalue weighted by atomic mass is 16.7. The number of likely N-dealkylation sites (N-methyl/N-ethyl adjacent to an activating group) is 1. The Morgan fingerprint density at radius 3 is 0.966 bits per heavy atom. The lowest BCUT2D eigenvalue weighted by atomic mass is 10.0. The van der Waals surface area contributed by atoms with Crippen molar-refractivity contribution in [3.63, 3.8) is 0 Å². The van der Waals surface area contributed by atoms with Crippen molar-refractivity contribution < 1.29 is 42.9 Å². The van der Waals surface area contributed by atoms with Crippen molar-refractivity contribution in [2.24, 2.45) is 0 Å². The number of esters is 2. The quantitative estimate of drug-likeness (QED) is 0.0211. The molecule has 0 spiro atoms. The van der Waals surface area contributed by atoms with Crippen LogP contribution in [0.25, 0.3) is 0 Å². The van der Waals surface area contributed by atoms with E-state index in [0.29, 0.717) is 17.4 Å². The van der Waals surface area contributed by atoms with Crippen LogP contribution < -0.4 is 0 Å². The van der Waals surface area contributed by atoms with Crippen LogP contribution in [-0.4, -0.2) is 87.4 Å². The van der Waals surface area contributed by atoms with Crippen molar-refractivity contribution in [2.45, 2.75) is 270 Å². The van der Waals surface area contributed by atoms with Gasteiger partial charge < -0.3 is 28.5 Å². The Kier molecular flexibility index (Phi) is 64.4. The molecule has 0 saturated carbocycles. The number of quaternary nitrogens is 1. The molecular weight excluding hydrogens is 1100 g/mol. The van der Waals surface area contributed by atoms with Crippen molar-refractivity contribution in [1.29, 1.82) is 0 Å². The molecule has 502 valence electrons. The molecule has 0 aromatic carbocycles. The van der Waals surface area contributed by atoms with E-state index in [9.17, 15) is 19.5 Å². The number of nitrogens with zero attached hydrogens (tertiary/aromatic N) is 1. The summed E-state index contributed by atoms with van der Waals surface area (Å²) in [4.78, 5) is 37.6. The van der Waals surface area contributed by atoms with Crippen LogP contribution in [0.2, 0.25) is 0 Å². The first-order valence-corrected chi connectivity index (χ1v) is 35.3. The summed E-state index contributed by atoms with van der Waals surface area (Å²) in [7, 11) is 5.95. The summed E-state index contributed by atoms with van der Waals surface area (Å²) in [5.74, 6) is -2.07. The summed E-state index contributed by atoms with van der Waals surface area (Å²) in [5.41, 5.74) is 0. The number of allylic oxidation sites excluding steroid dienone is 28. The Hall–Kier alpha value is -5.35. The average molecular weight is 1230 g/mol. The summed E-state index contributed by atoms with van der Waals surface area (Å²) in [6, 6.07) is 0. The molecule has 0 amide bonds. The summed E-state index contributed by atoms with van der Waals surface area (Å²) in [6.07, 6.45) is 100. The number of unbranched alkanes of at least 4 members (excludes halogenated alkanes) is 20. The van der Waals surface area contributed by atoms with Gasteiger partial charge in [-0.1, -0.05) is 280 Å². The highest BCUT2D eigenvalue weighted by molar-refractivity contribution is 5.71. The maximum atomic E-state index is 12.9. The molecule has 9 heteroatoms. The van der Waals surface area contributed by atoms with Crippen LogP contribution in [-0.2, 0) is 33.3 Å². The highest BCUT2D eigenvalue weighted by Crippen LogP contribution is 2.15. The van der Waals surface area contributed by atoms with Crippen molar-refractivity contribution in [3.8, 4) is 0 Å². The SMILES string of the molecule is CC/C=C\C/C=C\C/C=C\C/C=C\C/C=C\C/C=C\C/C=C\C/C=C\C/C=C\C/C=C\C/C=C\CCCCCC(=O)OC(COC(=O)CCCCCCCCCCCCCC/C=C\C/C=C\C/C=C\CCCCCCC)COC(OCC[N+](C)(C)C)C(=O)O. The molecule has 0 aliphatic rings. The van der Waals surface area contributed by atoms with Gasteiger partial charge in [0, 0.05) is 12.8 Å². The molecule has 9 nitrogen and oxygen atoms in total. The van der Waals surface area contributed by atoms with Crippen LogP contribution in [0.5, 0.6) is 0 Å². The van der Waals surface area contributed by atoms with Gasteiger partial charge >= 0.3 is 17.9 Å². The molecule has 0 radical (unpaired) electrons. The summed E-state index contributed by atoms with van der Waals surface area (Å²) < 4.78 is 22.9. The van der Waals surface area contributed by atoms with Gasteiger partial charge in [-0.25, -0.2) is 4.79 Å². The van der Waals surface area contributed by atoms with E-state index in [0.717, 1.165) is 122 Å². The Morgan fingerprint density at radius 2 is 0.640 bits per heavy atom. The number of rotatable bonds is 63. The second kappa shape index (κ2) is 68.6. The zero-order valence-corrected chi connectivity index (χ0v) is 57.3. The van der Waals surface area contributed by atoms with Crippen LogP contribution in [0.4, 0.5) is 0 Å². The number of carbonyl (C=O) groups is 3. The molecule has 0 aliphatic carbocycles. The third kappa shape index (κ3) is 70.0. The molecule has 0 saturated heterocycles. The Labute approximate surface area is 546 Å². The van der Waals surface area contributed by atoms with E-state index in [2.05, 4.69) is 184 Å². The van der Waals surface area contributed by atoms with Gasteiger partial charge in [-0.2, -0.15) is 0 Å². The standard InChI is InChI=1S/C80H129NO8/c1-6-8-10-12-14-16-18-20-22-24-26-28-30-32-34-35-36-37-38-39-40-41-42-43-45-47-49-51-53-55-57-59-61-63-65-67-69-71-78(83)89-76(75-88-80(79(84)85)86-73-72-81(3,4)5)74-87-77(82)70-68-66-64-62-60-58-56-54-52-50-48-46-44-33-31-29-27-25-23-21-19-17-15-13-11-9-7-2/h8,10,14,16,19-22,25-28,31-34,36-37,39-40,42-43,47,49,53,55,59,61,76,80H,6-7,9,11-13,15,17-18,23-24,29-30,35,38,41,44-46,48,50-52,54,56-58,60,62-75H2,1-5H3/p+1/b10-8-,16-14-,21-19-,22-20-,27-25-,28-26-,33-31-,34-32-,37-36-,40-39-,43-42-,49-47-,55-53-,61-59-. The first-order valence-electron chi connectivity index (χ1n) is 35.3. The second-order valence-electron chi connectivity index (χ2n) is 24.1. The molecule has 0 fully saturated rings. The fraction of sp³-hybridized carbons (Fsp3) is 0.613. The molecule has 1 N–H and O–H groups in total. The van der Waals surface area contributed by atoms with Gasteiger partial charge in [0.05, 0.1) is 34.4 Å². The van der Waals surface area contributed by atoms with Crippen LogP contribution in [0, 0.1) is 0 Å². The van der Waals surface area contributed by atoms with Gasteiger partial charge in [-0.15, -0.1) is 0 Å². The zero-order valence-electron chi connectivity index (χ0n) is 57.3. The van der Waals surface area contributed by atoms with E-state index in [1.807, 2.05) is 21.1 Å². The van der Waals surface area contributed by atoms with E-state index >= 15 is 0 Å². The number of carboxylic acids is 1. The van der Waals surface area contributed by atoms with Crippen LogP contribution >= 0.6 is 0 Å². The third-order valence-corrected chi connectivity index (χ3v) is 14.5. The molecule has 0 aromatic heterocycles. The van der Waals surface area contributed by atoms with Gasteiger partial charge in [-0.3, -0.25) is 9.59 Å². The summed E-state index contributed by atoms with van der Waals surface area (Å²) >= 11 is 0. The fourth-order valence-electron chi connectivity index (χ4n) is 9.08. The van der Waals surface area contributed by atoms with Crippen LogP contribution in [0.15, 0.2) is 170 Å². The van der Waals surface area contributed by atoms with E-state index < -0.39 is 24.3 Å². The lowest BCUT2D eigenvalue weighted by molar-refractivity contribution is -0.870. The summed E-state index contributed by atoms with van der Waals surface area (Å²) in [6.45, 7) is 4.70. The molecule has 2 atom stereocenters. The van der Waals surface area contributed by atoms with Crippen molar-refractivity contribution >= 4 is 17.9 Å². The van der Waals surface area contributed by atoms with E-state index in [4.69, 9.17) is 18.9 Å². The van der Waals surface area contributed by atoms with Gasteiger partial charge in [0.25, 0.3) is 6.29 Å². The highest BCUT2D eigenvalue weighted by Gasteiger charge is 2.25. The molecule has 0 rings (SSSR count). The smallest absolute Gasteiger partial charge is 0.361 e. The molecular formula is C80H130NO8+. The minimum atomic E-state index is -1.53. The fourth-order valence-corrected chi connectivity index (χ4v) is 9.08. The molecule has 0 bridgehead atoms. The van der Waals surface area contributed by atoms with Gasteiger partial charge in [-0.05, 0) is 135 Å². The van der Waals surface area contributed by atoms with Crippen molar-refractivity contribution in [1.82, 2.24) is 0 Å². The van der Waals surface area contributed by atoms with E-state index in [1.165, 1.54) is 103 Å². The molecule has 2 unspecified atom stereocenters. The Bertz CT molecular complexity index is 2070. The normalized spacial score (nSPS) is 13.8. The minimum Gasteiger partial charge on any atom is -0.477 e. The second-order valence-corrected chi connectivity index (χ2v) is 24.1. The molecule has 0 aromatic rings. The van der Waals surface area contributed by atoms with Gasteiger partial charge in [0.2, 0.25) is 0 Å². The first-order chi connectivity index (χ1) is 43.6. The monoisotopic (exact) mass is 1230 g/mol. The number of carboxylic acid groups (broad SMARTS) is 1. The molecule has 0 heterocycles. The predicted octanol–water partition coefficient (Wildman–Crippen LogP) is 22.2. The van der Waals surface area contributed by atoms with Gasteiger partial charge in [0.15, 0.2) is 6.10 Å². The largest absolute Gasteiger partial charge is 0.477 e. The number of ether oxygens (including phenoxy) is 4. The third-order valence-electron chi connectivity index (χ3n) is 14.5. The lowest BCUT2D eigenvalue weighted by Gasteiger charge is -2.25. The number of aliphatic carboxylic acids is 1. The van der Waals surface area contributed by atoms with Crippen LogP contribution in [0.3, 0.4) is 0 Å². The zero-order chi connectivity index (χ0) is 64.7. The number of hydrogen-bond acceptors (Lipinski definition) is 7. The van der Waals surface area contributed by atoms with Crippen molar-refractivity contribution in [3.05, 3.63) is 170 Å². The van der Waals surface area contributed by atoms with Crippen LogP contribution in [0.1, 0.15) is 258 Å². The van der Waals surface area contributed by atoms with Gasteiger partial charge in [0.1, 0.15) is 13.2 Å². The maximum absolute atomic E-state index is 12.9. The predicted molar refractivity (Wildman–Crippen MR) is 382 cm³/mol. The molecule has 0 aliphatic heterocycles.